The second-order valence-electron chi connectivity index (χ2n) is 3.92. The Morgan fingerprint density at radius 3 is 3.13 bits per heavy atom. The molecule has 0 radical (unpaired) electrons. The number of nitrogens with zero attached hydrogens (tertiary/aromatic N) is 1. The fraction of sp³-hybridized carbons (Fsp3) is 0.364. The topological polar surface area (TPSA) is 38.7 Å². The number of ether oxygens (including phenoxy) is 1. The number of isocyanates is 1. The summed E-state index contributed by atoms with van der Waals surface area (Å²) in [6, 6.07) is 4.35. The van der Waals surface area contributed by atoms with E-state index in [1.54, 1.807) is 13.0 Å². The largest absolute Gasteiger partial charge is 0.491 e. The van der Waals surface area contributed by atoms with Crippen LogP contribution in [0.15, 0.2) is 23.2 Å². The number of benzene rings is 1. The van der Waals surface area contributed by atoms with E-state index >= 15 is 0 Å². The van der Waals surface area contributed by atoms with Gasteiger partial charge in [0, 0.05) is 6.42 Å². The lowest BCUT2D eigenvalue weighted by Gasteiger charge is -2.30. The summed E-state index contributed by atoms with van der Waals surface area (Å²) in [4.78, 5) is 13.9. The lowest BCUT2D eigenvalue weighted by molar-refractivity contribution is 0.205. The van der Waals surface area contributed by atoms with Gasteiger partial charge in [-0.3, -0.25) is 0 Å². The molecular weight excluding hydrogens is 197 g/mol. The Hall–Kier alpha value is -1.67. The Bertz CT molecular complexity index is 440. The lowest BCUT2D eigenvalue weighted by Crippen LogP contribution is -2.36. The Morgan fingerprint density at radius 2 is 2.40 bits per heavy atom. The van der Waals surface area contributed by atoms with E-state index in [1.165, 1.54) is 18.2 Å². The van der Waals surface area contributed by atoms with Crippen LogP contribution in [0.1, 0.15) is 12.5 Å². The summed E-state index contributed by atoms with van der Waals surface area (Å²) in [5.41, 5.74) is 0.116. The van der Waals surface area contributed by atoms with Gasteiger partial charge >= 0.3 is 0 Å². The Labute approximate surface area is 86.6 Å². The van der Waals surface area contributed by atoms with Crippen molar-refractivity contribution in [1.82, 2.24) is 0 Å². The molecule has 1 unspecified atom stereocenters. The summed E-state index contributed by atoms with van der Waals surface area (Å²) in [5, 5.41) is 0. The maximum Gasteiger partial charge on any atom is 0.235 e. The van der Waals surface area contributed by atoms with Gasteiger partial charge in [0.05, 0.1) is 0 Å². The van der Waals surface area contributed by atoms with Gasteiger partial charge < -0.3 is 4.74 Å². The van der Waals surface area contributed by atoms with Crippen LogP contribution in [0.5, 0.6) is 5.75 Å². The molecule has 0 fully saturated rings. The molecule has 0 spiro atoms. The summed E-state index contributed by atoms with van der Waals surface area (Å²) < 4.78 is 18.4. The number of hydrogen-bond acceptors (Lipinski definition) is 3. The third kappa shape index (κ3) is 1.90. The molecule has 1 aliphatic rings. The second kappa shape index (κ2) is 3.48. The van der Waals surface area contributed by atoms with E-state index in [0.29, 0.717) is 18.8 Å². The van der Waals surface area contributed by atoms with E-state index in [-0.39, 0.29) is 5.82 Å². The van der Waals surface area contributed by atoms with Gasteiger partial charge in [0.1, 0.15) is 23.7 Å². The molecule has 3 nitrogen and oxygen atoms in total. The molecule has 1 aliphatic heterocycles. The van der Waals surface area contributed by atoms with Gasteiger partial charge in [-0.05, 0) is 30.7 Å². The molecule has 1 heterocycles. The molecule has 1 aromatic carbocycles. The average molecular weight is 207 g/mol. The van der Waals surface area contributed by atoms with Crippen molar-refractivity contribution in [2.75, 3.05) is 6.61 Å². The van der Waals surface area contributed by atoms with Crippen molar-refractivity contribution < 1.29 is 13.9 Å². The van der Waals surface area contributed by atoms with Crippen LogP contribution in [-0.2, 0) is 11.2 Å². The van der Waals surface area contributed by atoms with Crippen molar-refractivity contribution in [2.24, 2.45) is 4.99 Å². The first kappa shape index (κ1) is 9.87. The molecule has 0 N–H and O–H groups in total. The lowest BCUT2D eigenvalue weighted by atomic mass is 9.91. The molecule has 2 rings (SSSR count). The van der Waals surface area contributed by atoms with Crippen LogP contribution in [0, 0.1) is 5.82 Å². The van der Waals surface area contributed by atoms with E-state index in [2.05, 4.69) is 4.99 Å². The first-order valence-corrected chi connectivity index (χ1v) is 4.63. The van der Waals surface area contributed by atoms with Gasteiger partial charge in [-0.2, -0.15) is 4.99 Å². The quantitative estimate of drug-likeness (QED) is 0.520. The maximum atomic E-state index is 13.0. The van der Waals surface area contributed by atoms with E-state index in [0.717, 1.165) is 5.56 Å². The highest BCUT2D eigenvalue weighted by molar-refractivity contribution is 5.40. The predicted octanol–water partition coefficient (Wildman–Crippen LogP) is 1.86. The normalized spacial score (nSPS) is 23.6. The van der Waals surface area contributed by atoms with Gasteiger partial charge in [-0.25, -0.2) is 9.18 Å². The van der Waals surface area contributed by atoms with E-state index in [1.807, 2.05) is 0 Å². The average Bonchev–Trinajstić information content (AvgIpc) is 2.17. The molecule has 0 amide bonds. The van der Waals surface area contributed by atoms with Crippen molar-refractivity contribution in [1.29, 1.82) is 0 Å². The zero-order valence-electron chi connectivity index (χ0n) is 8.29. The number of aliphatic imine (C=N–C) groups is 1. The third-order valence-electron chi connectivity index (χ3n) is 2.45. The molecule has 78 valence electrons. The van der Waals surface area contributed by atoms with Crippen LogP contribution in [-0.4, -0.2) is 18.2 Å². The van der Waals surface area contributed by atoms with Gasteiger partial charge in [0.15, 0.2) is 0 Å². The van der Waals surface area contributed by atoms with Gasteiger partial charge in [0.25, 0.3) is 0 Å². The number of fused-ring (bicyclic) bond motifs is 1. The molecule has 0 saturated carbocycles. The van der Waals surface area contributed by atoms with Crippen LogP contribution in [0.3, 0.4) is 0 Å². The van der Waals surface area contributed by atoms with Crippen molar-refractivity contribution in [3.8, 4) is 5.75 Å². The SMILES string of the molecule is CC1(N=C=O)COc2ccc(F)cc2C1. The Balaban J connectivity index is 2.36. The molecule has 0 aliphatic carbocycles. The van der Waals surface area contributed by atoms with Gasteiger partial charge in [-0.15, -0.1) is 0 Å². The minimum atomic E-state index is -0.622. The monoisotopic (exact) mass is 207 g/mol. The number of carbonyl (C=O) groups excluding carboxylic acids is 1. The van der Waals surface area contributed by atoms with Crippen LogP contribution in [0.25, 0.3) is 0 Å². The zero-order chi connectivity index (χ0) is 10.9. The molecule has 0 bridgehead atoms. The zero-order valence-corrected chi connectivity index (χ0v) is 8.29. The smallest absolute Gasteiger partial charge is 0.235 e. The summed E-state index contributed by atoms with van der Waals surface area (Å²) in [6.07, 6.45) is 2.02. The number of hydrogen-bond donors (Lipinski definition) is 0. The molecule has 15 heavy (non-hydrogen) atoms. The molecule has 1 aromatic rings. The Morgan fingerprint density at radius 1 is 1.60 bits per heavy atom. The molecular formula is C11H10FNO2. The van der Waals surface area contributed by atoms with E-state index in [4.69, 9.17) is 4.74 Å². The summed E-state index contributed by atoms with van der Waals surface area (Å²) >= 11 is 0. The molecule has 0 aromatic heterocycles. The maximum absolute atomic E-state index is 13.0. The molecule has 0 saturated heterocycles. The van der Waals surface area contributed by atoms with Crippen LogP contribution in [0.4, 0.5) is 4.39 Å². The van der Waals surface area contributed by atoms with Crippen LogP contribution in [0.2, 0.25) is 0 Å². The number of rotatable bonds is 1. The highest BCUT2D eigenvalue weighted by Gasteiger charge is 2.31. The fourth-order valence-corrected chi connectivity index (χ4v) is 1.70. The van der Waals surface area contributed by atoms with Crippen molar-refractivity contribution in [2.45, 2.75) is 18.9 Å². The minimum absolute atomic E-state index is 0.309. The number of halogens is 1. The standard InChI is InChI=1S/C11H10FNO2/c1-11(13-7-14)5-8-4-9(12)2-3-10(8)15-6-11/h2-4H,5-6H2,1H3. The van der Waals surface area contributed by atoms with E-state index in [9.17, 15) is 9.18 Å². The third-order valence-corrected chi connectivity index (χ3v) is 2.45. The summed E-state index contributed by atoms with van der Waals surface area (Å²) in [7, 11) is 0. The molecule has 4 heteroatoms. The predicted molar refractivity (Wildman–Crippen MR) is 52.1 cm³/mol. The van der Waals surface area contributed by atoms with E-state index < -0.39 is 5.54 Å². The minimum Gasteiger partial charge on any atom is -0.491 e. The Kier molecular flexibility index (Phi) is 2.29. The summed E-state index contributed by atoms with van der Waals surface area (Å²) in [6.45, 7) is 2.10. The first-order valence-electron chi connectivity index (χ1n) is 4.63. The first-order chi connectivity index (χ1) is 7.13. The summed E-state index contributed by atoms with van der Waals surface area (Å²) in [5.74, 6) is 0.353. The van der Waals surface area contributed by atoms with Crippen molar-refractivity contribution >= 4 is 6.08 Å². The fourth-order valence-electron chi connectivity index (χ4n) is 1.70. The van der Waals surface area contributed by atoms with Gasteiger partial charge in [0.2, 0.25) is 6.08 Å². The second-order valence-corrected chi connectivity index (χ2v) is 3.92. The van der Waals surface area contributed by atoms with Crippen molar-refractivity contribution in [3.63, 3.8) is 0 Å². The van der Waals surface area contributed by atoms with Crippen LogP contribution >= 0.6 is 0 Å². The molecule has 1 atom stereocenters. The highest BCUT2D eigenvalue weighted by atomic mass is 19.1. The van der Waals surface area contributed by atoms with Crippen molar-refractivity contribution in [3.05, 3.63) is 29.6 Å². The van der Waals surface area contributed by atoms with Gasteiger partial charge in [-0.1, -0.05) is 0 Å². The van der Waals surface area contributed by atoms with Crippen LogP contribution < -0.4 is 4.74 Å². The highest BCUT2D eigenvalue weighted by Crippen LogP contribution is 2.31.